The minimum absolute atomic E-state index is 0.0334. The summed E-state index contributed by atoms with van der Waals surface area (Å²) in [4.78, 5) is 21.8. The van der Waals surface area contributed by atoms with E-state index in [1.54, 1.807) is 19.2 Å². The van der Waals surface area contributed by atoms with E-state index >= 15 is 0 Å². The molecule has 2 aliphatic rings. The summed E-state index contributed by atoms with van der Waals surface area (Å²) in [6.45, 7) is 2.88. The van der Waals surface area contributed by atoms with Gasteiger partial charge in [0.2, 0.25) is 0 Å². The van der Waals surface area contributed by atoms with E-state index in [4.69, 9.17) is 11.6 Å². The Kier molecular flexibility index (Phi) is 4.72. The number of rotatable bonds is 3. The summed E-state index contributed by atoms with van der Waals surface area (Å²) in [5.74, 6) is -0.225. The summed E-state index contributed by atoms with van der Waals surface area (Å²) < 4.78 is 14.8. The van der Waals surface area contributed by atoms with E-state index < -0.39 is 0 Å². The van der Waals surface area contributed by atoms with Crippen LogP contribution in [0.3, 0.4) is 0 Å². The number of benzene rings is 1. The minimum Gasteiger partial charge on any atom is -0.366 e. The summed E-state index contributed by atoms with van der Waals surface area (Å²) in [6, 6.07) is 12.3. The van der Waals surface area contributed by atoms with Crippen molar-refractivity contribution < 1.29 is 4.39 Å². The van der Waals surface area contributed by atoms with Gasteiger partial charge in [0.05, 0.1) is 11.2 Å². The van der Waals surface area contributed by atoms with E-state index in [-0.39, 0.29) is 22.5 Å². The number of nitriles is 1. The van der Waals surface area contributed by atoms with Crippen LogP contribution >= 0.6 is 11.6 Å². The van der Waals surface area contributed by atoms with E-state index in [9.17, 15) is 14.4 Å². The molecule has 0 N–H and O–H groups in total. The van der Waals surface area contributed by atoms with Crippen LogP contribution in [-0.2, 0) is 12.6 Å². The van der Waals surface area contributed by atoms with Gasteiger partial charge in [0.1, 0.15) is 28.1 Å². The smallest absolute Gasteiger partial charge is 0.270 e. The average molecular weight is 438 g/mol. The summed E-state index contributed by atoms with van der Waals surface area (Å²) in [5.41, 5.74) is 2.66. The highest BCUT2D eigenvalue weighted by Gasteiger charge is 2.50. The van der Waals surface area contributed by atoms with E-state index in [1.165, 1.54) is 16.7 Å². The average Bonchev–Trinajstić information content (AvgIpc) is 3.58. The minimum atomic E-state index is -0.332. The molecule has 1 aromatic carbocycles. The Bertz CT molecular complexity index is 1270. The molecular formula is C23H21ClFN5O. The molecule has 5 rings (SSSR count). The number of aromatic nitrogens is 2. The molecule has 1 saturated heterocycles. The monoisotopic (exact) mass is 437 g/mol. The third-order valence-electron chi connectivity index (χ3n) is 6.60. The fourth-order valence-electron chi connectivity index (χ4n) is 4.80. The molecule has 1 aliphatic heterocycles. The van der Waals surface area contributed by atoms with Gasteiger partial charge in [-0.05, 0) is 42.7 Å². The lowest BCUT2D eigenvalue weighted by Gasteiger charge is -2.41. The van der Waals surface area contributed by atoms with E-state index in [0.717, 1.165) is 31.5 Å². The lowest BCUT2D eigenvalue weighted by Crippen LogP contribution is -2.51. The van der Waals surface area contributed by atoms with Crippen LogP contribution in [0.1, 0.15) is 24.0 Å². The van der Waals surface area contributed by atoms with Crippen LogP contribution in [0.25, 0.3) is 11.0 Å². The SMILES string of the molecule is Cn1c(=O)c(C#N)c(N2CCN(C3(c4ccc(F)cc4)CC3)CC2)c2nc(Cl)ccc21. The molecule has 158 valence electrons. The van der Waals surface area contributed by atoms with Gasteiger partial charge in [0.25, 0.3) is 5.56 Å². The highest BCUT2D eigenvalue weighted by Crippen LogP contribution is 2.51. The molecule has 31 heavy (non-hydrogen) atoms. The topological polar surface area (TPSA) is 65.2 Å². The van der Waals surface area contributed by atoms with Crippen molar-refractivity contribution in [1.29, 1.82) is 5.26 Å². The Morgan fingerprint density at radius 3 is 2.39 bits per heavy atom. The van der Waals surface area contributed by atoms with Crippen LogP contribution in [0.15, 0.2) is 41.2 Å². The second kappa shape index (κ2) is 7.33. The zero-order valence-electron chi connectivity index (χ0n) is 17.1. The molecule has 2 aromatic heterocycles. The Balaban J connectivity index is 1.48. The summed E-state index contributed by atoms with van der Waals surface area (Å²) >= 11 is 6.15. The highest BCUT2D eigenvalue weighted by molar-refractivity contribution is 6.29. The van der Waals surface area contributed by atoms with Gasteiger partial charge in [0, 0.05) is 38.8 Å². The largest absolute Gasteiger partial charge is 0.366 e. The molecule has 1 aliphatic carbocycles. The van der Waals surface area contributed by atoms with Gasteiger partial charge in [0.15, 0.2) is 0 Å². The first-order valence-electron chi connectivity index (χ1n) is 10.3. The van der Waals surface area contributed by atoms with Gasteiger partial charge in [-0.15, -0.1) is 0 Å². The molecule has 0 spiro atoms. The first-order valence-corrected chi connectivity index (χ1v) is 10.7. The molecular weight excluding hydrogens is 417 g/mol. The Hall–Kier alpha value is -2.95. The second-order valence-corrected chi connectivity index (χ2v) is 8.60. The quantitative estimate of drug-likeness (QED) is 0.587. The molecule has 0 unspecified atom stereocenters. The van der Waals surface area contributed by atoms with Gasteiger partial charge >= 0.3 is 0 Å². The molecule has 0 radical (unpaired) electrons. The predicted molar refractivity (Wildman–Crippen MR) is 118 cm³/mol. The maximum atomic E-state index is 13.4. The molecule has 0 atom stereocenters. The van der Waals surface area contributed by atoms with Crippen molar-refractivity contribution >= 4 is 28.3 Å². The lowest BCUT2D eigenvalue weighted by atomic mass is 10.0. The van der Waals surface area contributed by atoms with Crippen LogP contribution in [-0.4, -0.2) is 40.6 Å². The standard InChI is InChI=1S/C23H21ClFN5O/c1-28-18-6-7-19(24)27-20(18)21(17(14-26)22(28)31)29-10-12-30(13-11-29)23(8-9-23)15-2-4-16(25)5-3-15/h2-7H,8-13H2,1H3. The molecule has 8 heteroatoms. The zero-order valence-corrected chi connectivity index (χ0v) is 17.9. The van der Waals surface area contributed by atoms with Crippen molar-refractivity contribution in [3.63, 3.8) is 0 Å². The number of hydrogen-bond donors (Lipinski definition) is 0. The number of aryl methyl sites for hydroxylation is 1. The number of fused-ring (bicyclic) bond motifs is 1. The first kappa shape index (κ1) is 20.0. The van der Waals surface area contributed by atoms with Crippen molar-refractivity contribution in [1.82, 2.24) is 14.5 Å². The Morgan fingerprint density at radius 1 is 1.10 bits per heavy atom. The summed E-state index contributed by atoms with van der Waals surface area (Å²) in [5, 5.41) is 10.1. The van der Waals surface area contributed by atoms with Crippen molar-refractivity contribution in [2.24, 2.45) is 7.05 Å². The third-order valence-corrected chi connectivity index (χ3v) is 6.81. The van der Waals surface area contributed by atoms with E-state index in [1.807, 2.05) is 12.1 Å². The molecule has 0 amide bonds. The number of nitrogens with zero attached hydrogens (tertiary/aromatic N) is 5. The normalized spacial score (nSPS) is 18.2. The van der Waals surface area contributed by atoms with Gasteiger partial charge in [-0.2, -0.15) is 5.26 Å². The number of piperazine rings is 1. The van der Waals surface area contributed by atoms with Gasteiger partial charge in [-0.3, -0.25) is 9.69 Å². The van der Waals surface area contributed by atoms with Crippen LogP contribution in [0.5, 0.6) is 0 Å². The second-order valence-electron chi connectivity index (χ2n) is 8.21. The summed E-state index contributed by atoms with van der Waals surface area (Å²) in [7, 11) is 1.64. The molecule has 3 heterocycles. The van der Waals surface area contributed by atoms with E-state index in [0.29, 0.717) is 35.0 Å². The van der Waals surface area contributed by atoms with Crippen molar-refractivity contribution in [3.05, 3.63) is 68.8 Å². The fraction of sp³-hybridized carbons (Fsp3) is 0.348. The van der Waals surface area contributed by atoms with Crippen molar-refractivity contribution in [3.8, 4) is 6.07 Å². The Labute approximate surface area is 184 Å². The fourth-order valence-corrected chi connectivity index (χ4v) is 4.95. The van der Waals surface area contributed by atoms with Crippen LogP contribution in [0.2, 0.25) is 5.15 Å². The molecule has 3 aromatic rings. The molecule has 2 fully saturated rings. The van der Waals surface area contributed by atoms with Crippen LogP contribution < -0.4 is 10.5 Å². The third kappa shape index (κ3) is 3.18. The molecule has 6 nitrogen and oxygen atoms in total. The molecule has 0 bridgehead atoms. The maximum Gasteiger partial charge on any atom is 0.270 e. The maximum absolute atomic E-state index is 13.4. The van der Waals surface area contributed by atoms with Crippen molar-refractivity contribution in [2.45, 2.75) is 18.4 Å². The number of pyridine rings is 2. The van der Waals surface area contributed by atoms with Gasteiger partial charge < -0.3 is 9.47 Å². The first-order chi connectivity index (χ1) is 14.9. The lowest BCUT2D eigenvalue weighted by molar-refractivity contribution is 0.166. The van der Waals surface area contributed by atoms with E-state index in [2.05, 4.69) is 20.9 Å². The highest BCUT2D eigenvalue weighted by atomic mass is 35.5. The van der Waals surface area contributed by atoms with Crippen LogP contribution in [0.4, 0.5) is 10.1 Å². The van der Waals surface area contributed by atoms with Crippen LogP contribution in [0, 0.1) is 17.1 Å². The van der Waals surface area contributed by atoms with Crippen molar-refractivity contribution in [2.75, 3.05) is 31.1 Å². The number of halogens is 2. The van der Waals surface area contributed by atoms with Gasteiger partial charge in [-0.25, -0.2) is 9.37 Å². The predicted octanol–water partition coefficient (Wildman–Crippen LogP) is 3.41. The number of hydrogen-bond acceptors (Lipinski definition) is 5. The number of anilines is 1. The summed E-state index contributed by atoms with van der Waals surface area (Å²) in [6.07, 6.45) is 2.10. The zero-order chi connectivity index (χ0) is 21.8. The molecule has 1 saturated carbocycles. The Morgan fingerprint density at radius 2 is 1.77 bits per heavy atom. The van der Waals surface area contributed by atoms with Gasteiger partial charge in [-0.1, -0.05) is 23.7 Å².